The second kappa shape index (κ2) is 17.9. The number of fused-ring (bicyclic) bond motifs is 6. The third-order valence-electron chi connectivity index (χ3n) is 15.0. The van der Waals surface area contributed by atoms with E-state index < -0.39 is 35.2 Å². The van der Waals surface area contributed by atoms with E-state index in [1.54, 1.807) is 106 Å². The van der Waals surface area contributed by atoms with Crippen LogP contribution in [0.15, 0.2) is 182 Å². The van der Waals surface area contributed by atoms with Gasteiger partial charge in [-0.2, -0.15) is 39.5 Å². The first kappa shape index (κ1) is 48.6. The van der Waals surface area contributed by atoms with Crippen LogP contribution in [0.3, 0.4) is 0 Å². The zero-order valence-electron chi connectivity index (χ0n) is 41.2. The summed E-state index contributed by atoms with van der Waals surface area (Å²) in [6.07, 6.45) is -10.2. The van der Waals surface area contributed by atoms with E-state index in [0.717, 1.165) is 34.0 Å². The highest BCUT2D eigenvalue weighted by Crippen LogP contribution is 2.54. The molecule has 1 nitrogen and oxygen atoms in total. The van der Waals surface area contributed by atoms with Crippen LogP contribution in [0, 0.1) is 20.8 Å². The molecule has 0 saturated heterocycles. The molecule has 376 valence electrons. The Labute approximate surface area is 431 Å². The van der Waals surface area contributed by atoms with E-state index in [-0.39, 0.29) is 61.6 Å². The van der Waals surface area contributed by atoms with Crippen molar-refractivity contribution in [2.45, 2.75) is 52.1 Å². The van der Waals surface area contributed by atoms with Crippen LogP contribution in [0.5, 0.6) is 0 Å². The highest BCUT2D eigenvalue weighted by Gasteiger charge is 2.41. The van der Waals surface area contributed by atoms with Crippen LogP contribution in [-0.2, 0) is 24.9 Å². The molecule has 0 saturated carbocycles. The molecule has 11 aromatic carbocycles. The number of alkyl halides is 9. The largest absolute Gasteiger partial charge is 0.417 e. The molecular formula is C66H44F9N. The van der Waals surface area contributed by atoms with Crippen molar-refractivity contribution < 1.29 is 39.5 Å². The fourth-order valence-electron chi connectivity index (χ4n) is 11.7. The molecule has 0 aliphatic heterocycles. The fraction of sp³-hybridized carbons (Fsp3) is 0.121. The molecular weight excluding hydrogens is 978 g/mol. The maximum Gasteiger partial charge on any atom is 0.417 e. The first-order chi connectivity index (χ1) is 36.3. The topological polar surface area (TPSA) is 3.24 Å². The summed E-state index contributed by atoms with van der Waals surface area (Å²) in [5.74, 6) is 0. The molecule has 0 bridgehead atoms. The molecule has 1 aliphatic rings. The minimum Gasteiger partial charge on any atom is -0.310 e. The molecule has 0 amide bonds. The molecule has 0 N–H and O–H groups in total. The fourth-order valence-corrected chi connectivity index (χ4v) is 11.7. The Balaban J connectivity index is 1.19. The van der Waals surface area contributed by atoms with Crippen LogP contribution < -0.4 is 4.90 Å². The predicted octanol–water partition coefficient (Wildman–Crippen LogP) is 20.9. The van der Waals surface area contributed by atoms with Gasteiger partial charge < -0.3 is 4.90 Å². The number of hydrogen-bond acceptors (Lipinski definition) is 1. The lowest BCUT2D eigenvalue weighted by Gasteiger charge is -2.33. The van der Waals surface area contributed by atoms with E-state index in [1.165, 1.54) is 18.2 Å². The van der Waals surface area contributed by atoms with E-state index >= 15 is 39.5 Å². The Hall–Kier alpha value is -8.37. The molecule has 11 aromatic rings. The number of halogens is 9. The van der Waals surface area contributed by atoms with Gasteiger partial charge in [0, 0.05) is 17.1 Å². The van der Waals surface area contributed by atoms with Gasteiger partial charge in [0.15, 0.2) is 0 Å². The third kappa shape index (κ3) is 8.13. The van der Waals surface area contributed by atoms with Crippen LogP contribution in [0.4, 0.5) is 56.6 Å². The van der Waals surface area contributed by atoms with Crippen molar-refractivity contribution in [2.24, 2.45) is 0 Å². The second-order valence-corrected chi connectivity index (χ2v) is 19.8. The van der Waals surface area contributed by atoms with E-state index in [0.29, 0.717) is 72.4 Å². The lowest BCUT2D eigenvalue weighted by molar-refractivity contribution is -0.137. The molecule has 0 unspecified atom stereocenters. The molecule has 0 spiro atoms. The molecule has 10 heteroatoms. The van der Waals surface area contributed by atoms with Crippen LogP contribution in [0.1, 0.15) is 50.9 Å². The van der Waals surface area contributed by atoms with Gasteiger partial charge in [-0.25, -0.2) is 0 Å². The maximum absolute atomic E-state index is 16.2. The van der Waals surface area contributed by atoms with Crippen LogP contribution in [0.25, 0.3) is 93.3 Å². The molecule has 0 radical (unpaired) electrons. The standard InChI is InChI=1S/C66H44F9N/c1-37-28-52(61-46-22-10-4-16-40(46)31-41-17-5-11-23-47(41)61)55(64(67,68)69)34-58(37)76(59-35-56(65(70,71)72)53(29-38(59)2)62-48-24-12-6-18-42(48)32-43-19-7-13-25-49(43)62)60-36-57(66(73,74)75)54(30-39(60)3)63-50-26-14-8-20-44(50)33-45-21-9-15-27-51(45)63/h4-8,10-20,22-36H,9,21H2,1-3H3. The predicted molar refractivity (Wildman–Crippen MR) is 292 cm³/mol. The molecule has 0 fully saturated rings. The molecule has 76 heavy (non-hydrogen) atoms. The van der Waals surface area contributed by atoms with Gasteiger partial charge in [0.25, 0.3) is 0 Å². The minimum atomic E-state index is -5.07. The summed E-state index contributed by atoms with van der Waals surface area (Å²) in [5, 5.41) is 6.14. The average Bonchev–Trinajstić information content (AvgIpc) is 3.39. The number of nitrogens with zero attached hydrogens (tertiary/aromatic N) is 1. The van der Waals surface area contributed by atoms with Gasteiger partial charge >= 0.3 is 18.5 Å². The van der Waals surface area contributed by atoms with E-state index in [1.807, 2.05) is 66.7 Å². The van der Waals surface area contributed by atoms with E-state index in [4.69, 9.17) is 0 Å². The molecule has 0 heterocycles. The Morgan fingerprint density at radius 1 is 0.355 bits per heavy atom. The number of benzene rings is 11. The van der Waals surface area contributed by atoms with Crippen molar-refractivity contribution in [3.8, 4) is 33.4 Å². The maximum atomic E-state index is 16.2. The molecule has 0 aromatic heterocycles. The SMILES string of the molecule is Cc1cc(-c2c3c(cc4ccccc24)CCC=C3)c(C(F)(F)F)cc1N(c1cc(C(F)(F)F)c(-c2c3ccccc3cc3ccccc23)cc1C)c1cc(C(F)(F)F)c(-c2c3ccccc3cc3ccccc23)cc1C. The number of allylic oxidation sites excluding steroid dienone is 1. The van der Waals surface area contributed by atoms with Gasteiger partial charge in [0.05, 0.1) is 16.7 Å². The highest BCUT2D eigenvalue weighted by molar-refractivity contribution is 6.15. The van der Waals surface area contributed by atoms with E-state index in [2.05, 4.69) is 0 Å². The Kier molecular flexibility index (Phi) is 11.4. The number of rotatable bonds is 6. The van der Waals surface area contributed by atoms with Crippen molar-refractivity contribution >= 4 is 77.0 Å². The smallest absolute Gasteiger partial charge is 0.310 e. The first-order valence-corrected chi connectivity index (χ1v) is 24.8. The van der Waals surface area contributed by atoms with Crippen molar-refractivity contribution in [3.05, 3.63) is 227 Å². The summed E-state index contributed by atoms with van der Waals surface area (Å²) in [6.45, 7) is 4.63. The van der Waals surface area contributed by atoms with Crippen LogP contribution >= 0.6 is 0 Å². The Bertz CT molecular complexity index is 3940. The van der Waals surface area contributed by atoms with Gasteiger partial charge in [-0.1, -0.05) is 140 Å². The van der Waals surface area contributed by atoms with Gasteiger partial charge in [-0.05, 0) is 197 Å². The van der Waals surface area contributed by atoms with Crippen LogP contribution in [0.2, 0.25) is 0 Å². The monoisotopic (exact) mass is 1020 g/mol. The Morgan fingerprint density at radius 2 is 0.658 bits per heavy atom. The number of aryl methyl sites for hydroxylation is 4. The number of hydrogen-bond donors (Lipinski definition) is 0. The zero-order chi connectivity index (χ0) is 53.0. The Morgan fingerprint density at radius 3 is 1.00 bits per heavy atom. The lowest BCUT2D eigenvalue weighted by atomic mass is 9.83. The normalized spacial score (nSPS) is 13.1. The molecule has 0 atom stereocenters. The summed E-state index contributed by atoms with van der Waals surface area (Å²) in [7, 11) is 0. The van der Waals surface area contributed by atoms with Gasteiger partial charge in [0.2, 0.25) is 0 Å². The molecule has 12 rings (SSSR count). The number of anilines is 3. The third-order valence-corrected chi connectivity index (χ3v) is 15.0. The summed E-state index contributed by atoms with van der Waals surface area (Å²) in [5.41, 5.74) is -1.74. The average molecular weight is 1020 g/mol. The molecule has 1 aliphatic carbocycles. The second-order valence-electron chi connectivity index (χ2n) is 19.8. The summed E-state index contributed by atoms with van der Waals surface area (Å²) < 4.78 is 146. The quantitative estimate of drug-likeness (QED) is 0.119. The highest BCUT2D eigenvalue weighted by atomic mass is 19.4. The summed E-state index contributed by atoms with van der Waals surface area (Å²) in [6, 6.07) is 48.0. The lowest BCUT2D eigenvalue weighted by Crippen LogP contribution is -2.19. The van der Waals surface area contributed by atoms with Gasteiger partial charge in [-0.15, -0.1) is 0 Å². The van der Waals surface area contributed by atoms with Gasteiger partial charge in [0.1, 0.15) is 0 Å². The summed E-state index contributed by atoms with van der Waals surface area (Å²) in [4.78, 5) is 1.16. The summed E-state index contributed by atoms with van der Waals surface area (Å²) >= 11 is 0. The van der Waals surface area contributed by atoms with Crippen LogP contribution in [-0.4, -0.2) is 0 Å². The van der Waals surface area contributed by atoms with Crippen molar-refractivity contribution in [2.75, 3.05) is 4.90 Å². The zero-order valence-corrected chi connectivity index (χ0v) is 41.2. The van der Waals surface area contributed by atoms with Crippen molar-refractivity contribution in [1.82, 2.24) is 0 Å². The van der Waals surface area contributed by atoms with E-state index in [9.17, 15) is 0 Å². The first-order valence-electron chi connectivity index (χ1n) is 24.8. The minimum absolute atomic E-state index is 0.162. The van der Waals surface area contributed by atoms with Crippen molar-refractivity contribution in [1.29, 1.82) is 0 Å². The van der Waals surface area contributed by atoms with Crippen molar-refractivity contribution in [3.63, 3.8) is 0 Å². The van der Waals surface area contributed by atoms with Gasteiger partial charge in [-0.3, -0.25) is 0 Å².